The summed E-state index contributed by atoms with van der Waals surface area (Å²) < 4.78 is 5.08. The van der Waals surface area contributed by atoms with Crippen molar-refractivity contribution in [2.24, 2.45) is 0 Å². The van der Waals surface area contributed by atoms with E-state index in [0.717, 1.165) is 0 Å². The molecule has 2 heterocycles. The Kier molecular flexibility index (Phi) is 5.38. The fraction of sp³-hybridized carbons (Fsp3) is 0.571. The largest absolute Gasteiger partial charge is 0.528 e. The molecule has 1 saturated heterocycles. The van der Waals surface area contributed by atoms with Crippen LogP contribution in [0.1, 0.15) is 31.3 Å². The first-order chi connectivity index (χ1) is 10.7. The molecule has 1 aromatic rings. The normalized spacial score (nSPS) is 16.1. The molecule has 0 spiro atoms. The number of hydrogen-bond acceptors (Lipinski definition) is 7. The van der Waals surface area contributed by atoms with Crippen molar-refractivity contribution in [2.75, 3.05) is 26.2 Å². The Hall–Kier alpha value is -1.93. The number of nitrogens with zero attached hydrogens (tertiary/aromatic N) is 4. The van der Waals surface area contributed by atoms with Crippen LogP contribution >= 0.6 is 11.6 Å². The fourth-order valence-electron chi connectivity index (χ4n) is 1.97. The summed E-state index contributed by atoms with van der Waals surface area (Å²) in [5.74, 6) is -0.230. The summed E-state index contributed by atoms with van der Waals surface area (Å²) in [5.41, 5.74) is -0.368. The molecule has 0 radical (unpaired) electrons. The van der Waals surface area contributed by atoms with E-state index in [1.165, 1.54) is 17.5 Å². The molecule has 8 nitrogen and oxygen atoms in total. The van der Waals surface area contributed by atoms with Gasteiger partial charge in [-0.25, -0.2) is 14.8 Å². The summed E-state index contributed by atoms with van der Waals surface area (Å²) in [5, 5.41) is 1.69. The molecule has 0 aliphatic carbocycles. The Morgan fingerprint density at radius 1 is 1.17 bits per heavy atom. The van der Waals surface area contributed by atoms with Gasteiger partial charge in [0.1, 0.15) is 22.8 Å². The third-order valence-corrected chi connectivity index (χ3v) is 3.18. The molecular weight excluding hydrogens is 324 g/mol. The van der Waals surface area contributed by atoms with Crippen LogP contribution in [-0.4, -0.2) is 63.8 Å². The number of carbonyl (C=O) groups excluding carboxylic acids is 2. The SMILES string of the molecule is CC(C)(C)OC(=O)ON1CCN(C(=O)c2cc(Cl)ncn2)CC1. The van der Waals surface area contributed by atoms with Crippen molar-refractivity contribution in [3.05, 3.63) is 23.2 Å². The zero-order valence-electron chi connectivity index (χ0n) is 13.3. The van der Waals surface area contributed by atoms with Crippen molar-refractivity contribution in [2.45, 2.75) is 26.4 Å². The number of ether oxygens (including phenoxy) is 1. The van der Waals surface area contributed by atoms with Crippen LogP contribution in [0.4, 0.5) is 4.79 Å². The van der Waals surface area contributed by atoms with Gasteiger partial charge < -0.3 is 14.5 Å². The maximum absolute atomic E-state index is 12.3. The van der Waals surface area contributed by atoms with E-state index in [2.05, 4.69) is 9.97 Å². The van der Waals surface area contributed by atoms with Crippen LogP contribution in [0.2, 0.25) is 5.15 Å². The van der Waals surface area contributed by atoms with Crippen molar-refractivity contribution < 1.29 is 19.2 Å². The summed E-state index contributed by atoms with van der Waals surface area (Å²) in [6.45, 7) is 6.88. The third kappa shape index (κ3) is 5.33. The molecule has 1 fully saturated rings. The van der Waals surface area contributed by atoms with Crippen molar-refractivity contribution in [1.82, 2.24) is 19.9 Å². The summed E-state index contributed by atoms with van der Waals surface area (Å²) >= 11 is 5.76. The van der Waals surface area contributed by atoms with Crippen LogP contribution in [0.25, 0.3) is 0 Å². The number of piperazine rings is 1. The Bertz CT molecular complexity index is 582. The summed E-state index contributed by atoms with van der Waals surface area (Å²) in [7, 11) is 0. The average Bonchev–Trinajstić information content (AvgIpc) is 2.45. The van der Waals surface area contributed by atoms with Crippen LogP contribution in [-0.2, 0) is 9.57 Å². The molecule has 0 N–H and O–H groups in total. The smallest absolute Gasteiger partial charge is 0.427 e. The third-order valence-electron chi connectivity index (χ3n) is 2.97. The van der Waals surface area contributed by atoms with Gasteiger partial charge in [0, 0.05) is 19.2 Å². The number of halogens is 1. The zero-order valence-corrected chi connectivity index (χ0v) is 14.0. The van der Waals surface area contributed by atoms with E-state index in [4.69, 9.17) is 21.2 Å². The number of aromatic nitrogens is 2. The second-order valence-corrected chi connectivity index (χ2v) is 6.39. The highest BCUT2D eigenvalue weighted by atomic mass is 35.5. The van der Waals surface area contributed by atoms with Crippen LogP contribution in [0, 0.1) is 0 Å². The van der Waals surface area contributed by atoms with Crippen molar-refractivity contribution in [3.63, 3.8) is 0 Å². The number of rotatable bonds is 2. The maximum atomic E-state index is 12.3. The molecule has 126 valence electrons. The van der Waals surface area contributed by atoms with Gasteiger partial charge in [0.2, 0.25) is 0 Å². The molecule has 9 heteroatoms. The van der Waals surface area contributed by atoms with Crippen LogP contribution in [0.3, 0.4) is 0 Å². The maximum Gasteiger partial charge on any atom is 0.528 e. The topological polar surface area (TPSA) is 84.9 Å². The minimum Gasteiger partial charge on any atom is -0.427 e. The molecule has 0 unspecified atom stereocenters. The van der Waals surface area contributed by atoms with E-state index >= 15 is 0 Å². The Balaban J connectivity index is 1.84. The van der Waals surface area contributed by atoms with Crippen LogP contribution < -0.4 is 0 Å². The summed E-state index contributed by atoms with van der Waals surface area (Å²) in [4.78, 5) is 38.3. The van der Waals surface area contributed by atoms with E-state index in [-0.39, 0.29) is 16.8 Å². The first-order valence-electron chi connectivity index (χ1n) is 7.17. The lowest BCUT2D eigenvalue weighted by Gasteiger charge is -2.33. The number of carbonyl (C=O) groups is 2. The lowest BCUT2D eigenvalue weighted by molar-refractivity contribution is -0.154. The van der Waals surface area contributed by atoms with Crippen molar-refractivity contribution in [3.8, 4) is 0 Å². The van der Waals surface area contributed by atoms with Crippen LogP contribution in [0.5, 0.6) is 0 Å². The fourth-order valence-corrected chi connectivity index (χ4v) is 2.12. The molecule has 0 atom stereocenters. The summed E-state index contributed by atoms with van der Waals surface area (Å²) in [6.07, 6.45) is 0.497. The highest BCUT2D eigenvalue weighted by Crippen LogP contribution is 2.12. The van der Waals surface area contributed by atoms with Crippen molar-refractivity contribution >= 4 is 23.7 Å². The van der Waals surface area contributed by atoms with E-state index in [1.807, 2.05) is 0 Å². The molecule has 23 heavy (non-hydrogen) atoms. The van der Waals surface area contributed by atoms with Gasteiger partial charge in [0.05, 0.1) is 13.1 Å². The monoisotopic (exact) mass is 342 g/mol. The molecule has 0 saturated carbocycles. The van der Waals surface area contributed by atoms with Crippen LogP contribution in [0.15, 0.2) is 12.4 Å². The second kappa shape index (κ2) is 7.10. The lowest BCUT2D eigenvalue weighted by atomic mass is 10.2. The van der Waals surface area contributed by atoms with Gasteiger partial charge in [-0.2, -0.15) is 0 Å². The van der Waals surface area contributed by atoms with E-state index in [1.54, 1.807) is 25.7 Å². The van der Waals surface area contributed by atoms with E-state index in [0.29, 0.717) is 26.2 Å². The number of hydroxylamine groups is 2. The molecule has 1 aliphatic heterocycles. The van der Waals surface area contributed by atoms with Gasteiger partial charge in [-0.3, -0.25) is 4.79 Å². The highest BCUT2D eigenvalue weighted by Gasteiger charge is 2.27. The Labute approximate surface area is 139 Å². The van der Waals surface area contributed by atoms with E-state index < -0.39 is 11.8 Å². The molecule has 0 bridgehead atoms. The molecular formula is C14H19ClN4O4. The van der Waals surface area contributed by atoms with E-state index in [9.17, 15) is 9.59 Å². The van der Waals surface area contributed by atoms with Gasteiger partial charge in [0.25, 0.3) is 5.91 Å². The van der Waals surface area contributed by atoms with Gasteiger partial charge >= 0.3 is 6.16 Å². The first-order valence-corrected chi connectivity index (χ1v) is 7.55. The predicted octanol–water partition coefficient (Wildman–Crippen LogP) is 1.75. The lowest BCUT2D eigenvalue weighted by Crippen LogP contribution is -2.49. The first kappa shape index (κ1) is 17.4. The van der Waals surface area contributed by atoms with Gasteiger partial charge in [-0.1, -0.05) is 11.6 Å². The number of amides is 1. The molecule has 0 aromatic carbocycles. The van der Waals surface area contributed by atoms with Gasteiger partial charge in [-0.15, -0.1) is 5.06 Å². The molecule has 1 aromatic heterocycles. The van der Waals surface area contributed by atoms with Gasteiger partial charge in [-0.05, 0) is 20.8 Å². The Morgan fingerprint density at radius 3 is 2.39 bits per heavy atom. The quantitative estimate of drug-likeness (QED) is 0.598. The second-order valence-electron chi connectivity index (χ2n) is 6.00. The molecule has 1 aliphatic rings. The zero-order chi connectivity index (χ0) is 17.0. The Morgan fingerprint density at radius 2 is 1.83 bits per heavy atom. The molecule has 1 amide bonds. The standard InChI is InChI=1S/C14H19ClN4O4/c1-14(2,3)22-13(21)23-19-6-4-18(5-7-19)12(20)10-8-11(15)17-9-16-10/h8-9H,4-7H2,1-3H3. The number of hydrogen-bond donors (Lipinski definition) is 0. The van der Waals surface area contributed by atoms with Crippen molar-refractivity contribution in [1.29, 1.82) is 0 Å². The highest BCUT2D eigenvalue weighted by molar-refractivity contribution is 6.29. The minimum absolute atomic E-state index is 0.218. The predicted molar refractivity (Wildman–Crippen MR) is 81.8 cm³/mol. The summed E-state index contributed by atoms with van der Waals surface area (Å²) in [6, 6.07) is 1.42. The molecule has 2 rings (SSSR count). The van der Waals surface area contributed by atoms with Gasteiger partial charge in [0.15, 0.2) is 0 Å². The average molecular weight is 343 g/mol. The minimum atomic E-state index is -0.750.